The lowest BCUT2D eigenvalue weighted by Gasteiger charge is -2.07. The molecule has 1 aromatic carbocycles. The molecule has 0 spiro atoms. The highest BCUT2D eigenvalue weighted by atomic mass is 79.9. The zero-order valence-corrected chi connectivity index (χ0v) is 9.76. The molecule has 14 heavy (non-hydrogen) atoms. The standard InChI is InChI=1S/C10H7BrClNO/c1-14-8-4-2-3-6-9(8)7(11)5-13-10(6)12/h2-5H,1H3. The van der Waals surface area contributed by atoms with Crippen molar-refractivity contribution in [1.82, 2.24) is 4.98 Å². The van der Waals surface area contributed by atoms with Crippen LogP contribution in [0.4, 0.5) is 0 Å². The van der Waals surface area contributed by atoms with Gasteiger partial charge < -0.3 is 4.74 Å². The summed E-state index contributed by atoms with van der Waals surface area (Å²) >= 11 is 9.39. The summed E-state index contributed by atoms with van der Waals surface area (Å²) in [5, 5.41) is 2.33. The van der Waals surface area contributed by atoms with Crippen LogP contribution in [0.15, 0.2) is 28.9 Å². The smallest absolute Gasteiger partial charge is 0.137 e. The fourth-order valence-corrected chi connectivity index (χ4v) is 2.08. The summed E-state index contributed by atoms with van der Waals surface area (Å²) in [5.74, 6) is 0.790. The van der Waals surface area contributed by atoms with E-state index >= 15 is 0 Å². The number of methoxy groups -OCH3 is 1. The van der Waals surface area contributed by atoms with Crippen molar-refractivity contribution >= 4 is 38.3 Å². The largest absolute Gasteiger partial charge is 0.496 e. The molecule has 0 saturated carbocycles. The number of hydrogen-bond acceptors (Lipinski definition) is 2. The minimum absolute atomic E-state index is 0.488. The second-order valence-corrected chi connectivity index (χ2v) is 3.99. The summed E-state index contributed by atoms with van der Waals surface area (Å²) < 4.78 is 6.13. The van der Waals surface area contributed by atoms with Gasteiger partial charge in [-0.05, 0) is 22.0 Å². The van der Waals surface area contributed by atoms with Gasteiger partial charge in [0.15, 0.2) is 0 Å². The van der Waals surface area contributed by atoms with E-state index in [-0.39, 0.29) is 0 Å². The van der Waals surface area contributed by atoms with Crippen LogP contribution in [0.5, 0.6) is 5.75 Å². The van der Waals surface area contributed by atoms with Crippen molar-refractivity contribution in [2.75, 3.05) is 7.11 Å². The molecule has 1 aromatic heterocycles. The number of aromatic nitrogens is 1. The molecule has 1 heterocycles. The van der Waals surface area contributed by atoms with E-state index in [1.165, 1.54) is 0 Å². The quantitative estimate of drug-likeness (QED) is 0.739. The first-order chi connectivity index (χ1) is 6.74. The Morgan fingerprint density at radius 2 is 2.21 bits per heavy atom. The van der Waals surface area contributed by atoms with Crippen molar-refractivity contribution in [1.29, 1.82) is 0 Å². The number of benzene rings is 1. The van der Waals surface area contributed by atoms with E-state index in [0.717, 1.165) is 21.0 Å². The van der Waals surface area contributed by atoms with Crippen LogP contribution in [0.1, 0.15) is 0 Å². The molecule has 0 fully saturated rings. The lowest BCUT2D eigenvalue weighted by atomic mass is 10.1. The Morgan fingerprint density at radius 3 is 2.93 bits per heavy atom. The second-order valence-electron chi connectivity index (χ2n) is 2.78. The van der Waals surface area contributed by atoms with Gasteiger partial charge in [0.1, 0.15) is 10.9 Å². The fraction of sp³-hybridized carbons (Fsp3) is 0.100. The van der Waals surface area contributed by atoms with Gasteiger partial charge in [0, 0.05) is 21.4 Å². The van der Waals surface area contributed by atoms with Crippen molar-refractivity contribution in [3.63, 3.8) is 0 Å². The zero-order chi connectivity index (χ0) is 10.1. The molecule has 0 N–H and O–H groups in total. The molecule has 4 heteroatoms. The molecular weight excluding hydrogens is 265 g/mol. The molecule has 0 amide bonds. The van der Waals surface area contributed by atoms with Gasteiger partial charge in [-0.1, -0.05) is 23.7 Å². The van der Waals surface area contributed by atoms with Crippen molar-refractivity contribution in [2.24, 2.45) is 0 Å². The number of halogens is 2. The van der Waals surface area contributed by atoms with E-state index in [2.05, 4.69) is 20.9 Å². The SMILES string of the molecule is COc1cccc2c(Cl)ncc(Br)c12. The maximum atomic E-state index is 5.97. The first kappa shape index (κ1) is 9.74. The Bertz CT molecular complexity index is 487. The van der Waals surface area contributed by atoms with E-state index < -0.39 is 0 Å². The van der Waals surface area contributed by atoms with Crippen molar-refractivity contribution in [3.05, 3.63) is 34.0 Å². The lowest BCUT2D eigenvalue weighted by Crippen LogP contribution is -1.87. The number of pyridine rings is 1. The summed E-state index contributed by atoms with van der Waals surface area (Å²) in [6, 6.07) is 5.70. The molecule has 0 aliphatic heterocycles. The van der Waals surface area contributed by atoms with Gasteiger partial charge in [-0.15, -0.1) is 0 Å². The third-order valence-electron chi connectivity index (χ3n) is 2.00. The van der Waals surface area contributed by atoms with Gasteiger partial charge in [0.2, 0.25) is 0 Å². The Kier molecular flexibility index (Phi) is 2.61. The number of nitrogens with zero attached hydrogens (tertiary/aromatic N) is 1. The van der Waals surface area contributed by atoms with Crippen molar-refractivity contribution < 1.29 is 4.74 Å². The molecule has 0 radical (unpaired) electrons. The third kappa shape index (κ3) is 1.47. The first-order valence-electron chi connectivity index (χ1n) is 4.00. The van der Waals surface area contributed by atoms with Gasteiger partial charge in [-0.25, -0.2) is 4.98 Å². The number of fused-ring (bicyclic) bond motifs is 1. The minimum Gasteiger partial charge on any atom is -0.496 e. The van der Waals surface area contributed by atoms with Crippen LogP contribution in [0, 0.1) is 0 Å². The van der Waals surface area contributed by atoms with Crippen LogP contribution in [0.25, 0.3) is 10.8 Å². The molecule has 2 rings (SSSR count). The average Bonchev–Trinajstić information content (AvgIpc) is 2.23. The Morgan fingerprint density at radius 1 is 1.43 bits per heavy atom. The van der Waals surface area contributed by atoms with E-state index in [1.54, 1.807) is 13.3 Å². The number of hydrogen-bond donors (Lipinski definition) is 0. The Hall–Kier alpha value is -0.800. The van der Waals surface area contributed by atoms with E-state index in [0.29, 0.717) is 5.15 Å². The second kappa shape index (κ2) is 3.75. The molecule has 0 aliphatic rings. The topological polar surface area (TPSA) is 22.1 Å². The number of rotatable bonds is 1. The van der Waals surface area contributed by atoms with Crippen LogP contribution in [0.2, 0.25) is 5.15 Å². The predicted octanol–water partition coefficient (Wildman–Crippen LogP) is 3.66. The maximum absolute atomic E-state index is 5.97. The minimum atomic E-state index is 0.488. The van der Waals surface area contributed by atoms with Crippen LogP contribution >= 0.6 is 27.5 Å². The molecule has 0 atom stereocenters. The molecule has 0 unspecified atom stereocenters. The molecular formula is C10H7BrClNO. The number of ether oxygens (including phenoxy) is 1. The van der Waals surface area contributed by atoms with Gasteiger partial charge in [0.25, 0.3) is 0 Å². The van der Waals surface area contributed by atoms with Gasteiger partial charge in [-0.3, -0.25) is 0 Å². The Labute approximate surface area is 95.0 Å². The Balaban J connectivity index is 2.92. The van der Waals surface area contributed by atoms with Crippen molar-refractivity contribution in [3.8, 4) is 5.75 Å². The van der Waals surface area contributed by atoms with Crippen molar-refractivity contribution in [2.45, 2.75) is 0 Å². The third-order valence-corrected chi connectivity index (χ3v) is 2.90. The summed E-state index contributed by atoms with van der Waals surface area (Å²) in [4.78, 5) is 4.05. The molecule has 2 nitrogen and oxygen atoms in total. The highest BCUT2D eigenvalue weighted by Crippen LogP contribution is 2.34. The molecule has 0 aliphatic carbocycles. The average molecular weight is 273 g/mol. The maximum Gasteiger partial charge on any atom is 0.137 e. The first-order valence-corrected chi connectivity index (χ1v) is 5.18. The zero-order valence-electron chi connectivity index (χ0n) is 7.42. The summed E-state index contributed by atoms with van der Waals surface area (Å²) in [6.07, 6.45) is 1.67. The highest BCUT2D eigenvalue weighted by Gasteiger charge is 2.08. The summed E-state index contributed by atoms with van der Waals surface area (Å²) in [5.41, 5.74) is 0. The van der Waals surface area contributed by atoms with Gasteiger partial charge >= 0.3 is 0 Å². The predicted molar refractivity (Wildman–Crippen MR) is 61.0 cm³/mol. The van der Waals surface area contributed by atoms with Crippen LogP contribution < -0.4 is 4.74 Å². The molecule has 0 saturated heterocycles. The van der Waals surface area contributed by atoms with E-state index in [4.69, 9.17) is 16.3 Å². The van der Waals surface area contributed by atoms with Crippen LogP contribution in [-0.2, 0) is 0 Å². The molecule has 0 bridgehead atoms. The monoisotopic (exact) mass is 271 g/mol. The highest BCUT2D eigenvalue weighted by molar-refractivity contribution is 9.10. The molecule has 72 valence electrons. The van der Waals surface area contributed by atoms with Crippen LogP contribution in [-0.4, -0.2) is 12.1 Å². The fourth-order valence-electron chi connectivity index (χ4n) is 1.37. The van der Waals surface area contributed by atoms with E-state index in [9.17, 15) is 0 Å². The molecule has 2 aromatic rings. The van der Waals surface area contributed by atoms with E-state index in [1.807, 2.05) is 18.2 Å². The van der Waals surface area contributed by atoms with Gasteiger partial charge in [-0.2, -0.15) is 0 Å². The lowest BCUT2D eigenvalue weighted by molar-refractivity contribution is 0.419. The summed E-state index contributed by atoms with van der Waals surface area (Å²) in [6.45, 7) is 0. The summed E-state index contributed by atoms with van der Waals surface area (Å²) in [7, 11) is 1.63. The van der Waals surface area contributed by atoms with Crippen LogP contribution in [0.3, 0.4) is 0 Å². The van der Waals surface area contributed by atoms with Gasteiger partial charge in [0.05, 0.1) is 7.11 Å². The normalized spacial score (nSPS) is 10.5.